The number of aliphatic hydroxyl groups is 1. The number of aromatic nitrogens is 2. The van der Waals surface area contributed by atoms with Crippen LogP contribution >= 0.6 is 0 Å². The van der Waals surface area contributed by atoms with Crippen molar-refractivity contribution < 1.29 is 9.90 Å². The van der Waals surface area contributed by atoms with Gasteiger partial charge in [-0.1, -0.05) is 19.4 Å². The van der Waals surface area contributed by atoms with Crippen LogP contribution < -0.4 is 11.1 Å². The molecule has 1 amide bonds. The summed E-state index contributed by atoms with van der Waals surface area (Å²) in [6, 6.07) is 0.0953. The van der Waals surface area contributed by atoms with E-state index in [0.29, 0.717) is 37.4 Å². The molecule has 0 fully saturated rings. The summed E-state index contributed by atoms with van der Waals surface area (Å²) < 4.78 is 0. The molecule has 1 aliphatic rings. The molecular formula is C20H32N6O2. The second kappa shape index (κ2) is 10.2. The van der Waals surface area contributed by atoms with Crippen LogP contribution in [-0.2, 0) is 17.8 Å². The van der Waals surface area contributed by atoms with E-state index < -0.39 is 0 Å². The van der Waals surface area contributed by atoms with Crippen molar-refractivity contribution >= 4 is 23.4 Å². The van der Waals surface area contributed by atoms with Crippen LogP contribution in [0.15, 0.2) is 16.8 Å². The van der Waals surface area contributed by atoms with Crippen molar-refractivity contribution in [2.24, 2.45) is 4.99 Å². The molecule has 0 radical (unpaired) electrons. The van der Waals surface area contributed by atoms with Crippen LogP contribution in [0.2, 0.25) is 0 Å². The highest BCUT2D eigenvalue weighted by Gasteiger charge is 2.27. The first-order valence-corrected chi connectivity index (χ1v) is 9.89. The largest absolute Gasteiger partial charge is 0.396 e. The summed E-state index contributed by atoms with van der Waals surface area (Å²) >= 11 is 0. The Labute approximate surface area is 167 Å². The van der Waals surface area contributed by atoms with Crippen LogP contribution in [0.1, 0.15) is 58.2 Å². The van der Waals surface area contributed by atoms with Gasteiger partial charge in [0.05, 0.1) is 12.2 Å². The molecule has 4 N–H and O–H groups in total. The van der Waals surface area contributed by atoms with Gasteiger partial charge in [0.2, 0.25) is 5.95 Å². The maximum atomic E-state index is 12.9. The number of carbonyl (C=O) groups excluding carboxylic acids is 1. The van der Waals surface area contributed by atoms with E-state index in [9.17, 15) is 9.90 Å². The van der Waals surface area contributed by atoms with E-state index in [4.69, 9.17) is 5.73 Å². The molecule has 28 heavy (non-hydrogen) atoms. The minimum absolute atomic E-state index is 0.0953. The lowest BCUT2D eigenvalue weighted by molar-refractivity contribution is -0.128. The Morgan fingerprint density at radius 1 is 1.39 bits per heavy atom. The van der Waals surface area contributed by atoms with Crippen molar-refractivity contribution in [3.63, 3.8) is 0 Å². The molecule has 8 nitrogen and oxygen atoms in total. The third-order valence-electron chi connectivity index (χ3n) is 4.66. The minimum Gasteiger partial charge on any atom is -0.396 e. The number of aliphatic imine (C=N–C) groups is 1. The van der Waals surface area contributed by atoms with E-state index in [1.807, 2.05) is 20.8 Å². The van der Waals surface area contributed by atoms with Gasteiger partial charge in [0.1, 0.15) is 11.5 Å². The summed E-state index contributed by atoms with van der Waals surface area (Å²) in [6.07, 6.45) is 4.89. The van der Waals surface area contributed by atoms with Crippen LogP contribution in [0.3, 0.4) is 0 Å². The van der Waals surface area contributed by atoms with E-state index in [-0.39, 0.29) is 24.5 Å². The van der Waals surface area contributed by atoms with Gasteiger partial charge in [-0.25, -0.2) is 4.98 Å². The van der Waals surface area contributed by atoms with Crippen molar-refractivity contribution in [2.45, 2.75) is 66.0 Å². The summed E-state index contributed by atoms with van der Waals surface area (Å²) in [5.41, 5.74) is 8.95. The van der Waals surface area contributed by atoms with Gasteiger partial charge in [-0.15, -0.1) is 0 Å². The number of amides is 1. The van der Waals surface area contributed by atoms with Gasteiger partial charge >= 0.3 is 0 Å². The summed E-state index contributed by atoms with van der Waals surface area (Å²) in [5.74, 6) is 0.780. The molecule has 2 rings (SSSR count). The normalized spacial score (nSPS) is 15.0. The van der Waals surface area contributed by atoms with Crippen LogP contribution in [-0.4, -0.2) is 50.8 Å². The molecule has 0 saturated carbocycles. The second-order valence-electron chi connectivity index (χ2n) is 7.21. The highest BCUT2D eigenvalue weighted by Crippen LogP contribution is 2.27. The molecule has 0 saturated heterocycles. The Bertz CT molecular complexity index is 749. The number of nitrogen functional groups attached to an aromatic ring is 1. The predicted molar refractivity (Wildman–Crippen MR) is 112 cm³/mol. The van der Waals surface area contributed by atoms with E-state index in [0.717, 1.165) is 29.8 Å². The zero-order valence-corrected chi connectivity index (χ0v) is 17.3. The van der Waals surface area contributed by atoms with Gasteiger partial charge in [-0.05, 0) is 33.6 Å². The molecule has 0 bridgehead atoms. The first-order chi connectivity index (χ1) is 13.4. The lowest BCUT2D eigenvalue weighted by Crippen LogP contribution is -2.38. The number of nitrogens with two attached hydrogens (primary N) is 1. The molecule has 1 atom stereocenters. The summed E-state index contributed by atoms with van der Waals surface area (Å²) in [7, 11) is 0. The standard InChI is InChI=1S/C20H32N6O2/c1-5-7-14(9-11-27)23-18-15-12-26(10-8-17(15)24-20(21)25-18)19(28)16(6-2)22-13(3)4/h6,14,27H,5,7-12H2,1-4H3,(H3,21,23,24,25)/b16-6-/t14-/m0/s1. The van der Waals surface area contributed by atoms with Gasteiger partial charge in [0.25, 0.3) is 5.91 Å². The lowest BCUT2D eigenvalue weighted by Gasteiger charge is -2.30. The summed E-state index contributed by atoms with van der Waals surface area (Å²) in [6.45, 7) is 8.73. The average molecular weight is 389 g/mol. The Balaban J connectivity index is 2.29. The zero-order chi connectivity index (χ0) is 20.7. The fraction of sp³-hybridized carbons (Fsp3) is 0.600. The molecule has 1 aromatic rings. The average Bonchev–Trinajstić information content (AvgIpc) is 2.65. The first-order valence-electron chi connectivity index (χ1n) is 9.89. The predicted octanol–water partition coefficient (Wildman–Crippen LogP) is 2.29. The van der Waals surface area contributed by atoms with Gasteiger partial charge in [0, 0.05) is 36.9 Å². The first kappa shape index (κ1) is 21.8. The topological polar surface area (TPSA) is 117 Å². The number of aliphatic hydroxyl groups excluding tert-OH is 1. The number of allylic oxidation sites excluding steroid dienone is 1. The quantitative estimate of drug-likeness (QED) is 0.465. The third kappa shape index (κ3) is 5.51. The number of rotatable bonds is 8. The van der Waals surface area contributed by atoms with Gasteiger partial charge in [-0.2, -0.15) is 4.98 Å². The molecule has 1 aromatic heterocycles. The summed E-state index contributed by atoms with van der Waals surface area (Å²) in [5, 5.41) is 12.8. The number of fused-ring (bicyclic) bond motifs is 1. The number of carbonyl (C=O) groups is 1. The fourth-order valence-corrected chi connectivity index (χ4v) is 3.35. The van der Waals surface area contributed by atoms with Crippen molar-refractivity contribution in [3.8, 4) is 0 Å². The Morgan fingerprint density at radius 3 is 2.75 bits per heavy atom. The number of anilines is 2. The SMILES string of the molecule is C/C=C(\N=C(C)C)C(=O)N1CCc2nc(N)nc(N[C@@H](CCC)CCO)c2C1. The van der Waals surface area contributed by atoms with Gasteiger partial charge < -0.3 is 21.1 Å². The Hall–Kier alpha value is -2.48. The zero-order valence-electron chi connectivity index (χ0n) is 17.3. The molecule has 1 aliphatic heterocycles. The van der Waals surface area contributed by atoms with E-state index >= 15 is 0 Å². The lowest BCUT2D eigenvalue weighted by atomic mass is 10.0. The maximum absolute atomic E-state index is 12.9. The van der Waals surface area contributed by atoms with Crippen LogP contribution in [0.25, 0.3) is 0 Å². The van der Waals surface area contributed by atoms with Crippen LogP contribution in [0, 0.1) is 0 Å². The van der Waals surface area contributed by atoms with Crippen molar-refractivity contribution in [1.29, 1.82) is 0 Å². The fourth-order valence-electron chi connectivity index (χ4n) is 3.35. The highest BCUT2D eigenvalue weighted by atomic mass is 16.3. The monoisotopic (exact) mass is 388 g/mol. The molecule has 0 unspecified atom stereocenters. The molecule has 154 valence electrons. The molecule has 8 heteroatoms. The van der Waals surface area contributed by atoms with Crippen LogP contribution in [0.5, 0.6) is 0 Å². The van der Waals surface area contributed by atoms with Gasteiger partial charge in [0.15, 0.2) is 0 Å². The van der Waals surface area contributed by atoms with Crippen LogP contribution in [0.4, 0.5) is 11.8 Å². The Morgan fingerprint density at radius 2 is 2.14 bits per heavy atom. The minimum atomic E-state index is -0.0995. The Kier molecular flexibility index (Phi) is 7.92. The molecule has 0 aliphatic carbocycles. The molecule has 2 heterocycles. The number of hydrogen-bond acceptors (Lipinski definition) is 7. The van der Waals surface area contributed by atoms with E-state index in [1.165, 1.54) is 0 Å². The highest BCUT2D eigenvalue weighted by molar-refractivity contribution is 5.96. The van der Waals surface area contributed by atoms with E-state index in [2.05, 4.69) is 27.2 Å². The number of nitrogens with one attached hydrogen (secondary N) is 1. The third-order valence-corrected chi connectivity index (χ3v) is 4.66. The van der Waals surface area contributed by atoms with Gasteiger partial charge in [-0.3, -0.25) is 9.79 Å². The maximum Gasteiger partial charge on any atom is 0.272 e. The van der Waals surface area contributed by atoms with Crippen molar-refractivity contribution in [1.82, 2.24) is 14.9 Å². The smallest absolute Gasteiger partial charge is 0.272 e. The number of hydrogen-bond donors (Lipinski definition) is 3. The van der Waals surface area contributed by atoms with Crippen molar-refractivity contribution in [2.75, 3.05) is 24.2 Å². The molecular weight excluding hydrogens is 356 g/mol. The summed E-state index contributed by atoms with van der Waals surface area (Å²) in [4.78, 5) is 27.8. The molecule has 0 aromatic carbocycles. The van der Waals surface area contributed by atoms with Crippen molar-refractivity contribution in [3.05, 3.63) is 23.0 Å². The van der Waals surface area contributed by atoms with E-state index in [1.54, 1.807) is 11.0 Å². The second-order valence-corrected chi connectivity index (χ2v) is 7.21. The number of nitrogens with zero attached hydrogens (tertiary/aromatic N) is 4. The molecule has 0 spiro atoms.